The first kappa shape index (κ1) is 28.4. The number of benzene rings is 3. The Balaban J connectivity index is 2.04. The molecule has 2 amide bonds. The second kappa shape index (κ2) is 12.8. The van der Waals surface area contributed by atoms with E-state index in [-0.39, 0.29) is 18.9 Å². The molecule has 0 bridgehead atoms. The van der Waals surface area contributed by atoms with Crippen LogP contribution in [0.1, 0.15) is 11.1 Å². The van der Waals surface area contributed by atoms with E-state index in [0.29, 0.717) is 5.69 Å². The molecule has 0 saturated heterocycles. The van der Waals surface area contributed by atoms with Gasteiger partial charge < -0.3 is 10.2 Å². The van der Waals surface area contributed by atoms with Crippen molar-refractivity contribution >= 4 is 43.6 Å². The minimum absolute atomic E-state index is 0.127. The molecular formula is C27H31BrN4O4S. The third kappa shape index (κ3) is 7.41. The van der Waals surface area contributed by atoms with Crippen molar-refractivity contribution < 1.29 is 18.0 Å². The van der Waals surface area contributed by atoms with Crippen LogP contribution in [-0.4, -0.2) is 63.2 Å². The van der Waals surface area contributed by atoms with Gasteiger partial charge in [-0.25, -0.2) is 4.31 Å². The van der Waals surface area contributed by atoms with Crippen molar-refractivity contribution in [3.63, 3.8) is 0 Å². The van der Waals surface area contributed by atoms with Crippen LogP contribution in [0.4, 0.5) is 5.69 Å². The highest BCUT2D eigenvalue weighted by Crippen LogP contribution is 2.22. The quantitative estimate of drug-likeness (QED) is 0.372. The third-order valence-corrected chi connectivity index (χ3v) is 8.20. The molecule has 0 aromatic heterocycles. The Hall–Kier alpha value is -3.21. The lowest BCUT2D eigenvalue weighted by atomic mass is 10.0. The first-order chi connectivity index (χ1) is 17.6. The third-order valence-electron chi connectivity index (χ3n) is 5.85. The Kier molecular flexibility index (Phi) is 9.85. The summed E-state index contributed by atoms with van der Waals surface area (Å²) in [5.41, 5.74) is 2.04. The van der Waals surface area contributed by atoms with E-state index < -0.39 is 28.7 Å². The highest BCUT2D eigenvalue weighted by Gasteiger charge is 2.34. The van der Waals surface area contributed by atoms with Crippen LogP contribution in [0, 0.1) is 0 Å². The molecule has 0 saturated carbocycles. The number of likely N-dealkylation sites (N-methyl/N-ethyl adjacent to an activating group) is 1. The number of hydrogen-bond acceptors (Lipinski definition) is 4. The SMILES string of the molecule is CNC(=O)[C@H](Cc1ccccc1)N(Cc1ccc(Br)cc1)C(=O)CN(c1ccccc1)S(=O)(=O)N(C)C. The molecule has 10 heteroatoms. The van der Waals surface area contributed by atoms with Crippen molar-refractivity contribution in [1.29, 1.82) is 0 Å². The lowest BCUT2D eigenvalue weighted by molar-refractivity contribution is -0.139. The summed E-state index contributed by atoms with van der Waals surface area (Å²) in [6.45, 7) is -0.342. The summed E-state index contributed by atoms with van der Waals surface area (Å²) in [5, 5.41) is 2.67. The van der Waals surface area contributed by atoms with Crippen LogP contribution in [-0.2, 0) is 32.8 Å². The Labute approximate surface area is 227 Å². The van der Waals surface area contributed by atoms with Gasteiger partial charge in [-0.05, 0) is 35.4 Å². The van der Waals surface area contributed by atoms with Gasteiger partial charge in [0.2, 0.25) is 11.8 Å². The van der Waals surface area contributed by atoms with Crippen molar-refractivity contribution in [2.45, 2.75) is 19.0 Å². The fraction of sp³-hybridized carbons (Fsp3) is 0.259. The molecule has 3 rings (SSSR count). The fourth-order valence-corrected chi connectivity index (χ4v) is 5.14. The van der Waals surface area contributed by atoms with E-state index in [1.807, 2.05) is 54.6 Å². The summed E-state index contributed by atoms with van der Waals surface area (Å²) in [5.74, 6) is -0.835. The molecule has 1 N–H and O–H groups in total. The first-order valence-electron chi connectivity index (χ1n) is 11.7. The molecule has 37 heavy (non-hydrogen) atoms. The molecule has 196 valence electrons. The smallest absolute Gasteiger partial charge is 0.304 e. The molecule has 0 unspecified atom stereocenters. The summed E-state index contributed by atoms with van der Waals surface area (Å²) in [6, 6.07) is 24.4. The van der Waals surface area contributed by atoms with Gasteiger partial charge in [0.1, 0.15) is 12.6 Å². The van der Waals surface area contributed by atoms with Crippen LogP contribution < -0.4 is 9.62 Å². The monoisotopic (exact) mass is 586 g/mol. The minimum Gasteiger partial charge on any atom is -0.357 e. The lowest BCUT2D eigenvalue weighted by Crippen LogP contribution is -2.53. The van der Waals surface area contributed by atoms with Gasteiger partial charge >= 0.3 is 10.2 Å². The molecule has 8 nitrogen and oxygen atoms in total. The van der Waals surface area contributed by atoms with Crippen molar-refractivity contribution in [2.75, 3.05) is 32.0 Å². The maximum absolute atomic E-state index is 13.9. The number of carbonyl (C=O) groups is 2. The zero-order chi connectivity index (χ0) is 27.0. The van der Waals surface area contributed by atoms with E-state index >= 15 is 0 Å². The van der Waals surface area contributed by atoms with Crippen LogP contribution in [0.2, 0.25) is 0 Å². The van der Waals surface area contributed by atoms with E-state index in [1.54, 1.807) is 30.3 Å². The van der Waals surface area contributed by atoms with E-state index in [4.69, 9.17) is 0 Å². The molecule has 0 aliphatic heterocycles. The van der Waals surface area contributed by atoms with Gasteiger partial charge in [-0.2, -0.15) is 12.7 Å². The summed E-state index contributed by atoms with van der Waals surface area (Å²) < 4.78 is 29.5. The van der Waals surface area contributed by atoms with E-state index in [9.17, 15) is 18.0 Å². The summed E-state index contributed by atoms with van der Waals surface area (Å²) in [6.07, 6.45) is 0.272. The van der Waals surface area contributed by atoms with Gasteiger partial charge in [0.15, 0.2) is 0 Å². The van der Waals surface area contributed by atoms with Crippen LogP contribution in [0.3, 0.4) is 0 Å². The van der Waals surface area contributed by atoms with Gasteiger partial charge in [0, 0.05) is 38.6 Å². The number of carbonyl (C=O) groups excluding carboxylic acids is 2. The van der Waals surface area contributed by atoms with Crippen LogP contribution in [0.15, 0.2) is 89.4 Å². The number of anilines is 1. The van der Waals surface area contributed by atoms with Crippen molar-refractivity contribution in [3.05, 3.63) is 101 Å². The Morgan fingerprint density at radius 3 is 1.97 bits per heavy atom. The number of amides is 2. The van der Waals surface area contributed by atoms with Gasteiger partial charge in [0.25, 0.3) is 0 Å². The lowest BCUT2D eigenvalue weighted by Gasteiger charge is -2.34. The number of hydrogen-bond donors (Lipinski definition) is 1. The van der Waals surface area contributed by atoms with Crippen LogP contribution in [0.25, 0.3) is 0 Å². The van der Waals surface area contributed by atoms with E-state index in [2.05, 4.69) is 21.2 Å². The predicted octanol–water partition coefficient (Wildman–Crippen LogP) is 3.45. The maximum Gasteiger partial charge on any atom is 0.304 e. The van der Waals surface area contributed by atoms with Crippen molar-refractivity contribution in [2.24, 2.45) is 0 Å². The van der Waals surface area contributed by atoms with Gasteiger partial charge in [-0.15, -0.1) is 0 Å². The molecule has 0 aliphatic rings. The summed E-state index contributed by atoms with van der Waals surface area (Å²) in [4.78, 5) is 28.5. The molecule has 3 aromatic rings. The molecule has 0 radical (unpaired) electrons. The fourth-order valence-electron chi connectivity index (χ4n) is 3.82. The Bertz CT molecular complexity index is 1290. The molecule has 0 spiro atoms. The van der Waals surface area contributed by atoms with E-state index in [1.165, 1.54) is 26.0 Å². The number of nitrogens with zero attached hydrogens (tertiary/aromatic N) is 3. The van der Waals surface area contributed by atoms with Gasteiger partial charge in [-0.3, -0.25) is 9.59 Å². The summed E-state index contributed by atoms with van der Waals surface area (Å²) >= 11 is 3.42. The average molecular weight is 588 g/mol. The highest BCUT2D eigenvalue weighted by atomic mass is 79.9. The summed E-state index contributed by atoms with van der Waals surface area (Å²) in [7, 11) is 0.356. The Morgan fingerprint density at radius 1 is 0.865 bits per heavy atom. The van der Waals surface area contributed by atoms with Crippen molar-refractivity contribution in [1.82, 2.24) is 14.5 Å². The number of halogens is 1. The molecule has 0 heterocycles. The van der Waals surface area contributed by atoms with Crippen LogP contribution in [0.5, 0.6) is 0 Å². The van der Waals surface area contributed by atoms with E-state index in [0.717, 1.165) is 24.2 Å². The number of nitrogens with one attached hydrogen (secondary N) is 1. The normalized spacial score (nSPS) is 12.1. The molecule has 3 aromatic carbocycles. The maximum atomic E-state index is 13.9. The zero-order valence-electron chi connectivity index (χ0n) is 21.0. The first-order valence-corrected chi connectivity index (χ1v) is 13.9. The zero-order valence-corrected chi connectivity index (χ0v) is 23.4. The standard InChI is InChI=1S/C27H31BrN4O4S/c1-29-27(34)25(18-21-10-6-4-7-11-21)31(19-22-14-16-23(28)17-15-22)26(33)20-32(37(35,36)30(2)3)24-12-8-5-9-13-24/h4-17,25H,18-20H2,1-3H3,(H,29,34)/t25-/m0/s1. The minimum atomic E-state index is -4.00. The van der Waals surface area contributed by atoms with Gasteiger partial charge in [-0.1, -0.05) is 76.6 Å². The van der Waals surface area contributed by atoms with Crippen molar-refractivity contribution in [3.8, 4) is 0 Å². The number of para-hydroxylation sites is 1. The van der Waals surface area contributed by atoms with Crippen LogP contribution >= 0.6 is 15.9 Å². The topological polar surface area (TPSA) is 90.0 Å². The molecule has 0 aliphatic carbocycles. The Morgan fingerprint density at radius 2 is 1.43 bits per heavy atom. The molecule has 1 atom stereocenters. The predicted molar refractivity (Wildman–Crippen MR) is 149 cm³/mol. The molecule has 0 fully saturated rings. The number of rotatable bonds is 11. The largest absolute Gasteiger partial charge is 0.357 e. The average Bonchev–Trinajstić information content (AvgIpc) is 2.90. The van der Waals surface area contributed by atoms with Gasteiger partial charge in [0.05, 0.1) is 5.69 Å². The molecular weight excluding hydrogens is 556 g/mol. The second-order valence-electron chi connectivity index (χ2n) is 8.60. The highest BCUT2D eigenvalue weighted by molar-refractivity contribution is 9.10. The second-order valence-corrected chi connectivity index (χ2v) is 11.6.